The molecule has 0 fully saturated rings. The molecule has 0 aliphatic carbocycles. The summed E-state index contributed by atoms with van der Waals surface area (Å²) in [6.07, 6.45) is 3.07. The maximum absolute atomic E-state index is 10.8. The van der Waals surface area contributed by atoms with Gasteiger partial charge in [-0.15, -0.1) is 23.8 Å². The first-order valence-electron chi connectivity index (χ1n) is 3.91. The van der Waals surface area contributed by atoms with Crippen LogP contribution < -0.4 is 0 Å². The Kier molecular flexibility index (Phi) is 9.10. The molecule has 0 atom stereocenters. The first-order valence-corrected chi connectivity index (χ1v) is 3.91. The number of esters is 1. The molecule has 0 aliphatic rings. The summed E-state index contributed by atoms with van der Waals surface area (Å²) >= 11 is 0. The van der Waals surface area contributed by atoms with E-state index >= 15 is 0 Å². The van der Waals surface area contributed by atoms with E-state index < -0.39 is 0 Å². The molecule has 0 spiro atoms. The zero-order valence-electron chi connectivity index (χ0n) is 8.90. The molecule has 0 saturated carbocycles. The van der Waals surface area contributed by atoms with Gasteiger partial charge in [0.1, 0.15) is 0 Å². The number of hydrogen-bond acceptors (Lipinski definition) is 2. The normalized spacial score (nSPS) is 8.87. The predicted octanol–water partition coefficient (Wildman–Crippen LogP) is 2.50. The van der Waals surface area contributed by atoms with E-state index in [1.165, 1.54) is 13.2 Å². The van der Waals surface area contributed by atoms with Gasteiger partial charge in [0.05, 0.1) is 7.11 Å². The summed E-state index contributed by atoms with van der Waals surface area (Å²) < 4.78 is 4.47. The third-order valence-corrected chi connectivity index (χ3v) is 1.66. The van der Waals surface area contributed by atoms with Gasteiger partial charge in [-0.3, -0.25) is 0 Å². The van der Waals surface area contributed by atoms with E-state index in [1.54, 1.807) is 6.08 Å². The van der Waals surface area contributed by atoms with E-state index in [-0.39, 0.29) is 34.5 Å². The van der Waals surface area contributed by atoms with Crippen molar-refractivity contribution in [3.05, 3.63) is 55.8 Å². The summed E-state index contributed by atoms with van der Waals surface area (Å²) in [5.41, 5.74) is 1.82. The molecule has 1 aromatic rings. The Bertz CT molecular complexity index is 332. The molecule has 0 amide bonds. The third kappa shape index (κ3) is 5.43. The second-order valence-electron chi connectivity index (χ2n) is 2.56. The van der Waals surface area contributed by atoms with Crippen LogP contribution in [0.4, 0.5) is 0 Å². The molecule has 0 N–H and O–H groups in total. The van der Waals surface area contributed by atoms with E-state index in [9.17, 15) is 4.79 Å². The van der Waals surface area contributed by atoms with Gasteiger partial charge in [-0.2, -0.15) is 18.6 Å². The van der Waals surface area contributed by atoms with Crippen molar-refractivity contribution in [2.75, 3.05) is 7.11 Å². The zero-order chi connectivity index (χ0) is 9.68. The quantitative estimate of drug-likeness (QED) is 0.452. The molecular weight excluding hydrogens is 360 g/mol. The molecule has 0 aliphatic heterocycles. The van der Waals surface area contributed by atoms with Crippen LogP contribution in [0.2, 0.25) is 0 Å². The maximum Gasteiger partial charge on any atom is 2.00 e. The molecule has 0 unspecified atom stereocenters. The van der Waals surface area contributed by atoms with Crippen molar-refractivity contribution >= 4 is 12.0 Å². The van der Waals surface area contributed by atoms with Gasteiger partial charge in [0, 0.05) is 6.08 Å². The van der Waals surface area contributed by atoms with E-state index in [0.29, 0.717) is 0 Å². The van der Waals surface area contributed by atoms with E-state index in [2.05, 4.69) is 11.7 Å². The number of hydrogen-bond donors (Lipinski definition) is 0. The van der Waals surface area contributed by atoms with Crippen molar-refractivity contribution in [2.24, 2.45) is 0 Å². The fourth-order valence-electron chi connectivity index (χ4n) is 0.923. The second-order valence-corrected chi connectivity index (χ2v) is 2.56. The number of benzene rings is 1. The minimum absolute atomic E-state index is 0. The molecule has 0 saturated heterocycles. The molecule has 2 nitrogen and oxygen atoms in total. The number of carbonyl (C=O) groups is 1. The topological polar surface area (TPSA) is 26.3 Å². The standard InChI is InChI=1S/C11H11O2.CH3.W/c1-9-5-3-4-6-10(9)7-8-11(12)13-2;;/h3-8H,1H2,2H3;1H3;/q2*-1;+2/b8-7+;;. The summed E-state index contributed by atoms with van der Waals surface area (Å²) in [5, 5.41) is 0. The van der Waals surface area contributed by atoms with E-state index in [0.717, 1.165) is 11.1 Å². The van der Waals surface area contributed by atoms with Gasteiger partial charge in [0.2, 0.25) is 0 Å². The fourth-order valence-corrected chi connectivity index (χ4v) is 0.923. The average Bonchev–Trinajstić information content (AvgIpc) is 2.16. The Morgan fingerprint density at radius 1 is 1.40 bits per heavy atom. The van der Waals surface area contributed by atoms with Crippen molar-refractivity contribution in [3.8, 4) is 0 Å². The molecular formula is C12H14O2W. The van der Waals surface area contributed by atoms with Gasteiger partial charge >= 0.3 is 27.0 Å². The first kappa shape index (κ1) is 16.4. The molecule has 0 radical (unpaired) electrons. The molecule has 1 aromatic carbocycles. The molecule has 0 bridgehead atoms. The van der Waals surface area contributed by atoms with Crippen molar-refractivity contribution in [1.82, 2.24) is 0 Å². The minimum atomic E-state index is -0.358. The van der Waals surface area contributed by atoms with Crippen molar-refractivity contribution in [2.45, 2.75) is 0 Å². The van der Waals surface area contributed by atoms with Crippen LogP contribution in [-0.2, 0) is 30.6 Å². The van der Waals surface area contributed by atoms with E-state index in [1.807, 2.05) is 24.3 Å². The Balaban J connectivity index is 0. The fraction of sp³-hybridized carbons (Fsp3) is 0.0833. The molecule has 1 rings (SSSR count). The number of rotatable bonds is 2. The molecule has 3 heteroatoms. The largest absolute Gasteiger partial charge is 2.00 e. The molecule has 80 valence electrons. The van der Waals surface area contributed by atoms with Crippen LogP contribution in [-0.4, -0.2) is 13.1 Å². The summed E-state index contributed by atoms with van der Waals surface area (Å²) in [4.78, 5) is 10.8. The Hall–Kier alpha value is -1.01. The van der Waals surface area contributed by atoms with Gasteiger partial charge < -0.3 is 12.2 Å². The average molecular weight is 374 g/mol. The molecule has 0 aromatic heterocycles. The van der Waals surface area contributed by atoms with Crippen LogP contribution in [0.15, 0.2) is 30.3 Å². The van der Waals surface area contributed by atoms with Crippen LogP contribution in [0, 0.1) is 14.4 Å². The molecule has 15 heavy (non-hydrogen) atoms. The summed E-state index contributed by atoms with van der Waals surface area (Å²) in [6.45, 7) is 3.82. The minimum Gasteiger partial charge on any atom is -0.466 e. The zero-order valence-corrected chi connectivity index (χ0v) is 11.8. The molecule has 0 heterocycles. The smallest absolute Gasteiger partial charge is 0.466 e. The number of methoxy groups -OCH3 is 1. The van der Waals surface area contributed by atoms with Crippen LogP contribution in [0.3, 0.4) is 0 Å². The second kappa shape index (κ2) is 8.31. The van der Waals surface area contributed by atoms with Crippen LogP contribution in [0.5, 0.6) is 0 Å². The Morgan fingerprint density at radius 3 is 2.53 bits per heavy atom. The number of carbonyl (C=O) groups excluding carboxylic acids is 1. The van der Waals surface area contributed by atoms with Gasteiger partial charge in [-0.05, 0) is 0 Å². The Morgan fingerprint density at radius 2 is 2.00 bits per heavy atom. The van der Waals surface area contributed by atoms with Crippen LogP contribution >= 0.6 is 0 Å². The van der Waals surface area contributed by atoms with Crippen LogP contribution in [0.1, 0.15) is 11.1 Å². The predicted molar refractivity (Wildman–Crippen MR) is 58.4 cm³/mol. The maximum atomic E-state index is 10.8. The number of ether oxygens (including phenoxy) is 1. The summed E-state index contributed by atoms with van der Waals surface area (Å²) in [5.74, 6) is -0.358. The first-order chi connectivity index (χ1) is 6.24. The van der Waals surface area contributed by atoms with Gasteiger partial charge in [0.15, 0.2) is 0 Å². The third-order valence-electron chi connectivity index (χ3n) is 1.66. The SMILES string of the molecule is [CH2-]c1ccccc1/C=C/C(=O)OC.[CH3-].[W+2]. The van der Waals surface area contributed by atoms with Gasteiger partial charge in [-0.25, -0.2) is 4.79 Å². The van der Waals surface area contributed by atoms with E-state index in [4.69, 9.17) is 0 Å². The Labute approximate surface area is 106 Å². The van der Waals surface area contributed by atoms with Crippen molar-refractivity contribution in [1.29, 1.82) is 0 Å². The van der Waals surface area contributed by atoms with Gasteiger partial charge in [0.25, 0.3) is 0 Å². The summed E-state index contributed by atoms with van der Waals surface area (Å²) in [6, 6.07) is 7.57. The van der Waals surface area contributed by atoms with Crippen molar-refractivity contribution < 1.29 is 30.6 Å². The van der Waals surface area contributed by atoms with Crippen LogP contribution in [0.25, 0.3) is 6.08 Å². The monoisotopic (exact) mass is 374 g/mol. The van der Waals surface area contributed by atoms with Crippen molar-refractivity contribution in [3.63, 3.8) is 0 Å². The summed E-state index contributed by atoms with van der Waals surface area (Å²) in [7, 11) is 1.35. The van der Waals surface area contributed by atoms with Gasteiger partial charge in [-0.1, -0.05) is 6.07 Å².